The van der Waals surface area contributed by atoms with Crippen LogP contribution in [0.4, 0.5) is 0 Å². The van der Waals surface area contributed by atoms with Gasteiger partial charge in [0.15, 0.2) is 5.12 Å². The lowest BCUT2D eigenvalue weighted by Gasteiger charge is -2.20. The van der Waals surface area contributed by atoms with E-state index in [1.165, 1.54) is 6.92 Å². The van der Waals surface area contributed by atoms with E-state index in [0.29, 0.717) is 23.3 Å². The van der Waals surface area contributed by atoms with Crippen LogP contribution in [0, 0.1) is 0 Å². The number of aliphatic hydroxyl groups excluding tert-OH is 3. The van der Waals surface area contributed by atoms with E-state index < -0.39 is 12.2 Å². The molecule has 2 atom stereocenters. The van der Waals surface area contributed by atoms with Crippen LogP contribution in [0.1, 0.15) is 30.6 Å². The van der Waals surface area contributed by atoms with Gasteiger partial charge in [-0.2, -0.15) is 0 Å². The summed E-state index contributed by atoms with van der Waals surface area (Å²) in [4.78, 5) is 10.8. The highest BCUT2D eigenvalue weighted by Gasteiger charge is 2.20. The molecular formula is C13H18O4S. The van der Waals surface area contributed by atoms with Crippen molar-refractivity contribution in [3.8, 4) is 0 Å². The molecule has 0 aliphatic heterocycles. The molecule has 1 aromatic carbocycles. The maximum absolute atomic E-state index is 10.8. The Kier molecular flexibility index (Phi) is 6.35. The van der Waals surface area contributed by atoms with Crippen LogP contribution in [0.15, 0.2) is 24.3 Å². The Morgan fingerprint density at radius 3 is 2.61 bits per heavy atom. The van der Waals surface area contributed by atoms with Gasteiger partial charge in [-0.3, -0.25) is 4.79 Å². The molecule has 5 heteroatoms. The number of hydrogen-bond acceptors (Lipinski definition) is 5. The second kappa shape index (κ2) is 7.53. The molecule has 0 fully saturated rings. The van der Waals surface area contributed by atoms with E-state index in [9.17, 15) is 15.0 Å². The first-order valence-corrected chi connectivity index (χ1v) is 6.73. The monoisotopic (exact) mass is 270 g/mol. The van der Waals surface area contributed by atoms with E-state index in [1.54, 1.807) is 24.3 Å². The second-order valence-corrected chi connectivity index (χ2v) is 5.27. The van der Waals surface area contributed by atoms with Crippen LogP contribution in [0.2, 0.25) is 0 Å². The molecule has 0 aliphatic rings. The van der Waals surface area contributed by atoms with Crippen LogP contribution in [0.3, 0.4) is 0 Å². The topological polar surface area (TPSA) is 77.8 Å². The molecular weight excluding hydrogens is 252 g/mol. The van der Waals surface area contributed by atoms with Gasteiger partial charge in [0, 0.05) is 12.7 Å². The Labute approximate surface area is 111 Å². The molecule has 100 valence electrons. The Morgan fingerprint density at radius 2 is 2.00 bits per heavy atom. The molecule has 3 N–H and O–H groups in total. The minimum atomic E-state index is -1.04. The van der Waals surface area contributed by atoms with Crippen LogP contribution in [0.5, 0.6) is 0 Å². The summed E-state index contributed by atoms with van der Waals surface area (Å²) in [5.41, 5.74) is 1.13. The third-order valence-electron chi connectivity index (χ3n) is 2.63. The van der Waals surface area contributed by atoms with Gasteiger partial charge < -0.3 is 15.3 Å². The molecule has 0 saturated heterocycles. The second-order valence-electron chi connectivity index (χ2n) is 4.00. The summed E-state index contributed by atoms with van der Waals surface area (Å²) < 4.78 is 0. The standard InChI is InChI=1S/C13H18O4S/c1-9(15)18-7-6-12(16)13(17)11-5-3-2-4-10(11)8-14/h2-5,12-14,16-17H,6-8H2,1H3. The van der Waals surface area contributed by atoms with Crippen LogP contribution >= 0.6 is 11.8 Å². The van der Waals surface area contributed by atoms with Gasteiger partial charge >= 0.3 is 0 Å². The predicted octanol–water partition coefficient (Wildman–Crippen LogP) is 1.24. The summed E-state index contributed by atoms with van der Waals surface area (Å²) in [7, 11) is 0. The molecule has 18 heavy (non-hydrogen) atoms. The number of hydrogen-bond donors (Lipinski definition) is 3. The number of benzene rings is 1. The molecule has 0 aliphatic carbocycles. The Bertz CT molecular complexity index is 394. The summed E-state index contributed by atoms with van der Waals surface area (Å²) in [6.45, 7) is 1.29. The molecule has 0 radical (unpaired) electrons. The quantitative estimate of drug-likeness (QED) is 0.725. The third kappa shape index (κ3) is 4.42. The van der Waals surface area contributed by atoms with Gasteiger partial charge in [0.25, 0.3) is 0 Å². The Balaban J connectivity index is 2.62. The van der Waals surface area contributed by atoms with Crippen molar-refractivity contribution in [3.05, 3.63) is 35.4 Å². The maximum atomic E-state index is 10.8. The lowest BCUT2D eigenvalue weighted by molar-refractivity contribution is -0.109. The normalized spacial score (nSPS) is 14.2. The van der Waals surface area contributed by atoms with Gasteiger partial charge in [-0.05, 0) is 17.5 Å². The van der Waals surface area contributed by atoms with Gasteiger partial charge in [0.2, 0.25) is 0 Å². The summed E-state index contributed by atoms with van der Waals surface area (Å²) in [6, 6.07) is 6.89. The van der Waals surface area contributed by atoms with E-state index in [0.717, 1.165) is 11.8 Å². The highest BCUT2D eigenvalue weighted by Crippen LogP contribution is 2.23. The molecule has 0 spiro atoms. The maximum Gasteiger partial charge on any atom is 0.185 e. The van der Waals surface area contributed by atoms with Crippen molar-refractivity contribution in [1.82, 2.24) is 0 Å². The Hall–Kier alpha value is -0.880. The lowest BCUT2D eigenvalue weighted by Crippen LogP contribution is -2.20. The van der Waals surface area contributed by atoms with Crippen molar-refractivity contribution in [2.24, 2.45) is 0 Å². The van der Waals surface area contributed by atoms with E-state index >= 15 is 0 Å². The fraction of sp³-hybridized carbons (Fsp3) is 0.462. The molecule has 0 heterocycles. The largest absolute Gasteiger partial charge is 0.392 e. The predicted molar refractivity (Wildman–Crippen MR) is 71.1 cm³/mol. The number of carbonyl (C=O) groups is 1. The van der Waals surface area contributed by atoms with Crippen LogP contribution in [-0.2, 0) is 11.4 Å². The van der Waals surface area contributed by atoms with Gasteiger partial charge in [-0.25, -0.2) is 0 Å². The van der Waals surface area contributed by atoms with Gasteiger partial charge in [0.05, 0.1) is 12.7 Å². The zero-order chi connectivity index (χ0) is 13.5. The molecule has 0 aromatic heterocycles. The van der Waals surface area contributed by atoms with Crippen LogP contribution in [-0.4, -0.2) is 32.3 Å². The van der Waals surface area contributed by atoms with E-state index in [4.69, 9.17) is 5.11 Å². The van der Waals surface area contributed by atoms with Crippen LogP contribution in [0.25, 0.3) is 0 Å². The minimum Gasteiger partial charge on any atom is -0.392 e. The summed E-state index contributed by atoms with van der Waals surface area (Å²) in [5.74, 6) is 0.467. The van der Waals surface area contributed by atoms with E-state index in [1.807, 2.05) is 0 Å². The number of aliphatic hydroxyl groups is 3. The van der Waals surface area contributed by atoms with Crippen molar-refractivity contribution in [3.63, 3.8) is 0 Å². The smallest absolute Gasteiger partial charge is 0.185 e. The number of carbonyl (C=O) groups excluding carboxylic acids is 1. The summed E-state index contributed by atoms with van der Waals surface area (Å²) in [5, 5.41) is 29.0. The van der Waals surface area contributed by atoms with Crippen molar-refractivity contribution in [2.45, 2.75) is 32.2 Å². The van der Waals surface area contributed by atoms with Crippen molar-refractivity contribution in [2.75, 3.05) is 5.75 Å². The SMILES string of the molecule is CC(=O)SCCC(O)C(O)c1ccccc1CO. The highest BCUT2D eigenvalue weighted by atomic mass is 32.2. The molecule has 0 saturated carbocycles. The fourth-order valence-electron chi connectivity index (χ4n) is 1.66. The van der Waals surface area contributed by atoms with Crippen LogP contribution < -0.4 is 0 Å². The van der Waals surface area contributed by atoms with E-state index in [-0.39, 0.29) is 11.7 Å². The van der Waals surface area contributed by atoms with Gasteiger partial charge in [-0.1, -0.05) is 36.0 Å². The zero-order valence-corrected chi connectivity index (χ0v) is 11.1. The summed E-state index contributed by atoms with van der Waals surface area (Å²) >= 11 is 1.12. The first kappa shape index (κ1) is 15.2. The number of thioether (sulfide) groups is 1. The zero-order valence-electron chi connectivity index (χ0n) is 10.2. The third-order valence-corrected chi connectivity index (χ3v) is 3.47. The van der Waals surface area contributed by atoms with Gasteiger partial charge in [0.1, 0.15) is 6.10 Å². The molecule has 2 unspecified atom stereocenters. The molecule has 0 bridgehead atoms. The first-order chi connectivity index (χ1) is 8.56. The minimum absolute atomic E-state index is 0.00699. The van der Waals surface area contributed by atoms with Gasteiger partial charge in [-0.15, -0.1) is 0 Å². The molecule has 1 aromatic rings. The summed E-state index contributed by atoms with van der Waals surface area (Å²) in [6.07, 6.45) is -1.66. The lowest BCUT2D eigenvalue weighted by atomic mass is 9.98. The fourth-order valence-corrected chi connectivity index (χ4v) is 2.30. The van der Waals surface area contributed by atoms with E-state index in [2.05, 4.69) is 0 Å². The first-order valence-electron chi connectivity index (χ1n) is 5.74. The van der Waals surface area contributed by atoms with Crippen molar-refractivity contribution < 1.29 is 20.1 Å². The molecule has 0 amide bonds. The number of rotatable bonds is 6. The molecule has 1 rings (SSSR count). The Morgan fingerprint density at radius 1 is 1.33 bits per heavy atom. The average molecular weight is 270 g/mol. The average Bonchev–Trinajstić information content (AvgIpc) is 2.37. The molecule has 4 nitrogen and oxygen atoms in total. The highest BCUT2D eigenvalue weighted by molar-refractivity contribution is 8.13. The van der Waals surface area contributed by atoms with Crippen molar-refractivity contribution in [1.29, 1.82) is 0 Å². The van der Waals surface area contributed by atoms with Crippen molar-refractivity contribution >= 4 is 16.9 Å².